The molecule has 2 spiro atoms. The Morgan fingerprint density at radius 3 is 1.76 bits per heavy atom. The van der Waals surface area contributed by atoms with Crippen LogP contribution in [0.5, 0.6) is 11.5 Å². The molecular weight excluding hydrogens is 1070 g/mol. The third-order valence-electron chi connectivity index (χ3n) is 14.4. The number of halogens is 6. The maximum atomic E-state index is 13.5. The van der Waals surface area contributed by atoms with E-state index >= 15 is 0 Å². The number of anilines is 5. The zero-order chi connectivity index (χ0) is 51.4. The number of methoxy groups -OCH3 is 2. The molecule has 4 N–H and O–H groups in total. The lowest BCUT2D eigenvalue weighted by molar-refractivity contribution is -0.114. The van der Waals surface area contributed by atoms with E-state index in [1.165, 1.54) is 120 Å². The van der Waals surface area contributed by atoms with Crippen molar-refractivity contribution in [2.45, 2.75) is 70.6 Å². The van der Waals surface area contributed by atoms with Crippen LogP contribution in [0.25, 0.3) is 21.8 Å². The van der Waals surface area contributed by atoms with Crippen LogP contribution < -0.4 is 30.7 Å². The zero-order valence-corrected chi connectivity index (χ0v) is 45.3. The number of aromatic nitrogens is 4. The van der Waals surface area contributed by atoms with Crippen LogP contribution in [0.1, 0.15) is 69.8 Å². The van der Waals surface area contributed by atoms with Crippen LogP contribution in [-0.2, 0) is 16.0 Å². The summed E-state index contributed by atoms with van der Waals surface area (Å²) in [4.78, 5) is 44.4. The fourth-order valence-electron chi connectivity index (χ4n) is 9.85. The highest BCUT2D eigenvalue weighted by atomic mass is 79.9. The van der Waals surface area contributed by atoms with Gasteiger partial charge < -0.3 is 30.7 Å². The largest absolute Gasteiger partial charge is 0.496 e. The highest BCUT2D eigenvalue weighted by Crippen LogP contribution is 2.49. The Bertz CT molecular complexity index is 2980. The lowest BCUT2D eigenvalue weighted by Crippen LogP contribution is -2.43. The number of carbonyl (C=O) groups is 2. The minimum absolute atomic E-state index is 0. The van der Waals surface area contributed by atoms with E-state index in [9.17, 15) is 18.4 Å². The van der Waals surface area contributed by atoms with E-state index in [2.05, 4.69) is 62.0 Å². The molecular formula is C55H61BrCl3F2N9O4. The van der Waals surface area contributed by atoms with E-state index < -0.39 is 11.6 Å². The molecule has 0 bridgehead atoms. The van der Waals surface area contributed by atoms with E-state index in [1.54, 1.807) is 56.7 Å². The Balaban J connectivity index is 0.000000186. The van der Waals surface area contributed by atoms with Gasteiger partial charge in [-0.05, 0) is 143 Å². The third-order valence-corrected chi connectivity index (χ3v) is 15.4. The second-order valence-corrected chi connectivity index (χ2v) is 20.5. The maximum Gasteiger partial charge on any atom is 0.248 e. The number of fused-ring (bicyclic) bond motifs is 2. The monoisotopic (exact) mass is 1130 g/mol. The number of carbonyl (C=O) groups excluding carboxylic acids is 2. The molecule has 0 atom stereocenters. The van der Waals surface area contributed by atoms with Crippen molar-refractivity contribution < 1.29 is 27.8 Å². The Morgan fingerprint density at radius 2 is 1.26 bits per heavy atom. The summed E-state index contributed by atoms with van der Waals surface area (Å²) in [6.45, 7) is 5.51. The van der Waals surface area contributed by atoms with Crippen molar-refractivity contribution in [2.75, 3.05) is 68.2 Å². The lowest BCUT2D eigenvalue weighted by atomic mass is 9.63. The number of benzene rings is 4. The summed E-state index contributed by atoms with van der Waals surface area (Å²) in [5.41, 5.74) is 5.10. The number of hydrogen-bond acceptors (Lipinski definition) is 12. The molecule has 2 saturated heterocycles. The van der Waals surface area contributed by atoms with Crippen molar-refractivity contribution >= 4 is 114 Å². The Hall–Kier alpha value is -5.49. The number of amides is 1. The quantitative estimate of drug-likeness (QED) is 0.0606. The van der Waals surface area contributed by atoms with Gasteiger partial charge in [-0.1, -0.05) is 64.1 Å². The molecule has 0 radical (unpaired) electrons. The Morgan fingerprint density at radius 1 is 0.716 bits per heavy atom. The number of allylic oxidation sites excluding steroid dienone is 2. The fraction of sp³-hybridized carbons (Fsp3) is 0.382. The molecule has 4 aromatic carbocycles. The molecule has 13 nitrogen and oxygen atoms in total. The van der Waals surface area contributed by atoms with Gasteiger partial charge in [0, 0.05) is 64.2 Å². The molecule has 74 heavy (non-hydrogen) atoms. The summed E-state index contributed by atoms with van der Waals surface area (Å²) >= 11 is 15.0. The molecule has 4 heterocycles. The van der Waals surface area contributed by atoms with Crippen LogP contribution in [0, 0.1) is 22.5 Å². The molecule has 1 amide bonds. The number of ketones is 1. The molecule has 6 aromatic rings. The minimum atomic E-state index is -0.500. The molecule has 2 aliphatic carbocycles. The number of nitrogens with zero attached hydrogens (tertiary/aromatic N) is 5. The van der Waals surface area contributed by atoms with Gasteiger partial charge in [0.2, 0.25) is 5.91 Å². The first kappa shape index (κ1) is 56.2. The molecule has 10 rings (SSSR count). The van der Waals surface area contributed by atoms with Crippen LogP contribution in [-0.4, -0.2) is 88.8 Å². The van der Waals surface area contributed by atoms with Gasteiger partial charge in [0.15, 0.2) is 5.78 Å². The Kier molecular flexibility index (Phi) is 20.0. The normalized spacial score (nSPS) is 16.5. The fourth-order valence-corrected chi connectivity index (χ4v) is 10.4. The maximum absolute atomic E-state index is 13.5. The number of alkyl halides is 1. The first-order chi connectivity index (χ1) is 35.4. The van der Waals surface area contributed by atoms with Crippen molar-refractivity contribution in [3.63, 3.8) is 0 Å². The summed E-state index contributed by atoms with van der Waals surface area (Å²) in [5, 5.41) is 14.6. The summed E-state index contributed by atoms with van der Waals surface area (Å²) in [6.07, 6.45) is 23.9. The van der Waals surface area contributed by atoms with Gasteiger partial charge in [-0.3, -0.25) is 14.5 Å². The standard InChI is InChI=1S/C27H29ClFN5O2.C20H16BrClFN3O2.C8H15N.ClH/c1-36-24-16-22-19(26(31-17-30-22)32-18-5-6-21(29)20(28)14-18)15-23(24)33-25(35)4-2-11-34-12-9-27(10-13-34)7-3-8-27;1-28-19-10-18-15(8-12(19)7-14(27)3-2-6-21)20(25-11-24-18)26-13-4-5-17(23)16(22)9-13;1-2-8(3-1)4-6-9-7-5-8;/h2,4-6,14-17H,3,7-13H2,1H3,(H,33,35)(H,30,31,32);2-5,8-11H,6-7H2,1H3,(H,24,25,26);9H,1-7H2;1H/b4-2+;3-2+;;. The van der Waals surface area contributed by atoms with E-state index in [-0.39, 0.29) is 40.6 Å². The van der Waals surface area contributed by atoms with Crippen molar-refractivity contribution in [1.82, 2.24) is 30.2 Å². The third kappa shape index (κ3) is 14.5. The van der Waals surface area contributed by atoms with Gasteiger partial charge in [-0.25, -0.2) is 28.7 Å². The summed E-state index contributed by atoms with van der Waals surface area (Å²) < 4.78 is 37.8. The molecule has 2 aromatic heterocycles. The first-order valence-electron chi connectivity index (χ1n) is 24.6. The number of rotatable bonds is 14. The van der Waals surface area contributed by atoms with Gasteiger partial charge in [0.1, 0.15) is 47.4 Å². The summed E-state index contributed by atoms with van der Waals surface area (Å²) in [5.74, 6) is 0.779. The van der Waals surface area contributed by atoms with Gasteiger partial charge in [-0.15, -0.1) is 12.4 Å². The molecule has 2 saturated carbocycles. The number of piperidine rings is 2. The average Bonchev–Trinajstić information content (AvgIpc) is 3.38. The number of ether oxygens (including phenoxy) is 2. The number of nitrogens with one attached hydrogen (secondary N) is 4. The van der Waals surface area contributed by atoms with E-state index in [0.29, 0.717) is 78.3 Å². The predicted molar refractivity (Wildman–Crippen MR) is 299 cm³/mol. The van der Waals surface area contributed by atoms with Gasteiger partial charge >= 0.3 is 0 Å². The smallest absolute Gasteiger partial charge is 0.248 e. The van der Waals surface area contributed by atoms with Crippen LogP contribution in [0.4, 0.5) is 37.5 Å². The number of likely N-dealkylation sites (tertiary alicyclic amines) is 1. The van der Waals surface area contributed by atoms with Crippen LogP contribution >= 0.6 is 51.5 Å². The topological polar surface area (TPSA) is 156 Å². The van der Waals surface area contributed by atoms with Crippen LogP contribution in [0.2, 0.25) is 10.0 Å². The van der Waals surface area contributed by atoms with E-state index in [1.807, 2.05) is 12.1 Å². The molecule has 392 valence electrons. The predicted octanol–water partition coefficient (Wildman–Crippen LogP) is 13.1. The molecule has 4 fully saturated rings. The SMILES string of the molecule is C1CC2(C1)CCNCC2.COc1cc2ncnc(Nc3ccc(F)c(Cl)c3)c2cc1CC(=O)/C=C/CBr.COc1cc2ncnc(Nc3ccc(F)c(Cl)c3)c2cc1NC(=O)/C=C/CN1CCC2(CCC2)CC1.Cl. The first-order valence-corrected chi connectivity index (χ1v) is 26.5. The van der Waals surface area contributed by atoms with Crippen molar-refractivity contribution in [1.29, 1.82) is 0 Å². The highest BCUT2D eigenvalue weighted by molar-refractivity contribution is 9.09. The minimum Gasteiger partial charge on any atom is -0.496 e. The highest BCUT2D eigenvalue weighted by Gasteiger charge is 2.39. The second-order valence-electron chi connectivity index (χ2n) is 19.1. The Labute approximate surface area is 455 Å². The lowest BCUT2D eigenvalue weighted by Gasteiger charge is -2.47. The summed E-state index contributed by atoms with van der Waals surface area (Å²) in [7, 11) is 3.09. The van der Waals surface area contributed by atoms with E-state index in [4.69, 9.17) is 32.7 Å². The van der Waals surface area contributed by atoms with Crippen LogP contribution in [0.3, 0.4) is 0 Å². The molecule has 2 aliphatic heterocycles. The zero-order valence-electron chi connectivity index (χ0n) is 41.4. The average molecular weight is 1140 g/mol. The molecule has 19 heteroatoms. The second kappa shape index (κ2) is 26.3. The van der Waals surface area contributed by atoms with Crippen molar-refractivity contribution in [3.05, 3.63) is 125 Å². The van der Waals surface area contributed by atoms with Crippen molar-refractivity contribution in [3.8, 4) is 11.5 Å². The van der Waals surface area contributed by atoms with Gasteiger partial charge in [0.25, 0.3) is 0 Å². The molecule has 0 unspecified atom stereocenters. The number of hydrogen-bond donors (Lipinski definition) is 4. The van der Waals surface area contributed by atoms with E-state index in [0.717, 1.165) is 25.0 Å². The van der Waals surface area contributed by atoms with Gasteiger partial charge in [0.05, 0.1) is 41.0 Å². The van der Waals surface area contributed by atoms with Crippen molar-refractivity contribution in [2.24, 2.45) is 10.8 Å². The summed E-state index contributed by atoms with van der Waals surface area (Å²) in [6, 6.07) is 15.7. The van der Waals surface area contributed by atoms with Crippen LogP contribution in [0.15, 0.2) is 97.6 Å². The molecule has 4 aliphatic rings. The van der Waals surface area contributed by atoms with Gasteiger partial charge in [-0.2, -0.15) is 0 Å².